The van der Waals surface area contributed by atoms with E-state index in [1.165, 1.54) is 12.1 Å². The molecule has 0 aromatic heterocycles. The van der Waals surface area contributed by atoms with Crippen LogP contribution < -0.4 is 5.32 Å². The van der Waals surface area contributed by atoms with E-state index >= 15 is 0 Å². The molecule has 0 saturated heterocycles. The van der Waals surface area contributed by atoms with Crippen LogP contribution in [0.3, 0.4) is 0 Å². The first-order valence-electron chi connectivity index (χ1n) is 5.86. The molecule has 0 spiro atoms. The van der Waals surface area contributed by atoms with Crippen LogP contribution in [0.2, 0.25) is 0 Å². The van der Waals surface area contributed by atoms with E-state index in [1.807, 2.05) is 6.92 Å². The van der Waals surface area contributed by atoms with Crippen molar-refractivity contribution in [2.24, 2.45) is 0 Å². The molecule has 0 amide bonds. The van der Waals surface area contributed by atoms with E-state index in [1.54, 1.807) is 7.11 Å². The Labute approximate surface area is 101 Å². The van der Waals surface area contributed by atoms with Crippen LogP contribution in [0, 0.1) is 11.6 Å². The molecule has 2 nitrogen and oxygen atoms in total. The first kappa shape index (κ1) is 14.1. The minimum absolute atomic E-state index is 0.129. The quantitative estimate of drug-likeness (QED) is 0.794. The highest BCUT2D eigenvalue weighted by atomic mass is 19.1. The van der Waals surface area contributed by atoms with E-state index in [0.29, 0.717) is 18.6 Å². The fourth-order valence-electron chi connectivity index (χ4n) is 1.71. The van der Waals surface area contributed by atoms with Crippen LogP contribution in [0.5, 0.6) is 0 Å². The van der Waals surface area contributed by atoms with Crippen molar-refractivity contribution >= 4 is 0 Å². The Morgan fingerprint density at radius 2 is 2.12 bits per heavy atom. The molecule has 1 aromatic carbocycles. The van der Waals surface area contributed by atoms with Gasteiger partial charge < -0.3 is 10.1 Å². The number of rotatable bonds is 7. The number of nitrogens with one attached hydrogen (secondary N) is 1. The largest absolute Gasteiger partial charge is 0.385 e. The van der Waals surface area contributed by atoms with Gasteiger partial charge in [-0.1, -0.05) is 13.0 Å². The van der Waals surface area contributed by atoms with E-state index < -0.39 is 11.6 Å². The van der Waals surface area contributed by atoms with Gasteiger partial charge in [-0.15, -0.1) is 0 Å². The SMILES string of the molecule is CCCNC(CCOC)c1ccc(F)cc1F. The second-order valence-corrected chi connectivity index (χ2v) is 3.95. The van der Waals surface area contributed by atoms with Crippen molar-refractivity contribution in [1.29, 1.82) is 0 Å². The van der Waals surface area contributed by atoms with Gasteiger partial charge in [0.25, 0.3) is 0 Å². The zero-order valence-corrected chi connectivity index (χ0v) is 10.3. The van der Waals surface area contributed by atoms with Gasteiger partial charge in [-0.2, -0.15) is 0 Å². The Balaban J connectivity index is 2.79. The lowest BCUT2D eigenvalue weighted by molar-refractivity contribution is 0.182. The van der Waals surface area contributed by atoms with E-state index in [-0.39, 0.29) is 6.04 Å². The van der Waals surface area contributed by atoms with Gasteiger partial charge in [0.15, 0.2) is 0 Å². The number of hydrogen-bond donors (Lipinski definition) is 1. The molecule has 4 heteroatoms. The zero-order valence-electron chi connectivity index (χ0n) is 10.3. The molecule has 0 heterocycles. The lowest BCUT2D eigenvalue weighted by Crippen LogP contribution is -2.24. The van der Waals surface area contributed by atoms with Crippen molar-refractivity contribution in [3.63, 3.8) is 0 Å². The van der Waals surface area contributed by atoms with Gasteiger partial charge in [-0.25, -0.2) is 8.78 Å². The predicted molar refractivity (Wildman–Crippen MR) is 63.9 cm³/mol. The molecule has 0 saturated carbocycles. The summed E-state index contributed by atoms with van der Waals surface area (Å²) in [7, 11) is 1.61. The van der Waals surface area contributed by atoms with Crippen LogP contribution in [0.4, 0.5) is 8.78 Å². The molecule has 0 radical (unpaired) electrons. The highest BCUT2D eigenvalue weighted by molar-refractivity contribution is 5.22. The standard InChI is InChI=1S/C13H19F2NO/c1-3-7-16-13(6-8-17-2)11-5-4-10(14)9-12(11)15/h4-5,9,13,16H,3,6-8H2,1-2H3. The fourth-order valence-corrected chi connectivity index (χ4v) is 1.71. The van der Waals surface area contributed by atoms with Crippen molar-refractivity contribution in [2.45, 2.75) is 25.8 Å². The molecule has 1 N–H and O–H groups in total. The number of methoxy groups -OCH3 is 1. The van der Waals surface area contributed by atoms with Gasteiger partial charge in [0.05, 0.1) is 0 Å². The predicted octanol–water partition coefficient (Wildman–Crippen LogP) is 3.04. The van der Waals surface area contributed by atoms with Gasteiger partial charge in [-0.05, 0) is 25.5 Å². The Bertz CT molecular complexity index is 336. The maximum Gasteiger partial charge on any atom is 0.130 e. The first-order chi connectivity index (χ1) is 8.19. The Morgan fingerprint density at radius 3 is 2.71 bits per heavy atom. The average molecular weight is 243 g/mol. The van der Waals surface area contributed by atoms with Crippen molar-refractivity contribution in [3.8, 4) is 0 Å². The molecule has 1 unspecified atom stereocenters. The second kappa shape index (κ2) is 7.35. The van der Waals surface area contributed by atoms with Gasteiger partial charge in [0.2, 0.25) is 0 Å². The third-order valence-corrected chi connectivity index (χ3v) is 2.59. The molecule has 0 bridgehead atoms. The molecule has 17 heavy (non-hydrogen) atoms. The summed E-state index contributed by atoms with van der Waals surface area (Å²) in [4.78, 5) is 0. The third-order valence-electron chi connectivity index (χ3n) is 2.59. The van der Waals surface area contributed by atoms with Crippen LogP contribution in [-0.4, -0.2) is 20.3 Å². The van der Waals surface area contributed by atoms with Crippen LogP contribution in [0.25, 0.3) is 0 Å². The first-order valence-corrected chi connectivity index (χ1v) is 5.86. The second-order valence-electron chi connectivity index (χ2n) is 3.95. The zero-order chi connectivity index (χ0) is 12.7. The van der Waals surface area contributed by atoms with Crippen molar-refractivity contribution < 1.29 is 13.5 Å². The topological polar surface area (TPSA) is 21.3 Å². The Morgan fingerprint density at radius 1 is 1.35 bits per heavy atom. The molecule has 0 aliphatic carbocycles. The number of benzene rings is 1. The summed E-state index contributed by atoms with van der Waals surface area (Å²) in [6, 6.07) is 3.57. The summed E-state index contributed by atoms with van der Waals surface area (Å²) in [5.41, 5.74) is 0.497. The normalized spacial score (nSPS) is 12.7. The van der Waals surface area contributed by atoms with E-state index in [0.717, 1.165) is 19.0 Å². The molecule has 1 atom stereocenters. The van der Waals surface area contributed by atoms with Gasteiger partial charge >= 0.3 is 0 Å². The summed E-state index contributed by atoms with van der Waals surface area (Å²) < 4.78 is 31.5. The lowest BCUT2D eigenvalue weighted by Gasteiger charge is -2.19. The summed E-state index contributed by atoms with van der Waals surface area (Å²) in [5.74, 6) is -1.05. The summed E-state index contributed by atoms with van der Waals surface area (Å²) >= 11 is 0. The highest BCUT2D eigenvalue weighted by Crippen LogP contribution is 2.21. The minimum atomic E-state index is -0.549. The highest BCUT2D eigenvalue weighted by Gasteiger charge is 2.15. The van der Waals surface area contributed by atoms with Crippen LogP contribution in [0.1, 0.15) is 31.4 Å². The molecule has 0 fully saturated rings. The number of halogens is 2. The smallest absolute Gasteiger partial charge is 0.130 e. The molecule has 0 aliphatic rings. The van der Waals surface area contributed by atoms with Gasteiger partial charge in [-0.3, -0.25) is 0 Å². The fraction of sp³-hybridized carbons (Fsp3) is 0.538. The van der Waals surface area contributed by atoms with Gasteiger partial charge in [0.1, 0.15) is 11.6 Å². The summed E-state index contributed by atoms with van der Waals surface area (Å²) in [6.07, 6.45) is 1.63. The molecule has 96 valence electrons. The van der Waals surface area contributed by atoms with Crippen LogP contribution in [-0.2, 0) is 4.74 Å². The van der Waals surface area contributed by atoms with E-state index in [9.17, 15) is 8.78 Å². The van der Waals surface area contributed by atoms with Crippen LogP contribution >= 0.6 is 0 Å². The average Bonchev–Trinajstić information content (AvgIpc) is 2.30. The number of ether oxygens (including phenoxy) is 1. The summed E-state index contributed by atoms with van der Waals surface area (Å²) in [5, 5.41) is 3.24. The van der Waals surface area contributed by atoms with E-state index in [2.05, 4.69) is 5.32 Å². The van der Waals surface area contributed by atoms with Crippen LogP contribution in [0.15, 0.2) is 18.2 Å². The maximum absolute atomic E-state index is 13.6. The van der Waals surface area contributed by atoms with Crippen molar-refractivity contribution in [2.75, 3.05) is 20.3 Å². The maximum atomic E-state index is 13.6. The molecular formula is C13H19F2NO. The molecule has 1 rings (SSSR count). The third kappa shape index (κ3) is 4.40. The lowest BCUT2D eigenvalue weighted by atomic mass is 10.0. The molecule has 1 aromatic rings. The Hall–Kier alpha value is -1.00. The summed E-state index contributed by atoms with van der Waals surface area (Å²) in [6.45, 7) is 3.38. The van der Waals surface area contributed by atoms with E-state index in [4.69, 9.17) is 4.74 Å². The van der Waals surface area contributed by atoms with Gasteiger partial charge in [0, 0.05) is 31.4 Å². The number of hydrogen-bond acceptors (Lipinski definition) is 2. The van der Waals surface area contributed by atoms with Crippen molar-refractivity contribution in [3.05, 3.63) is 35.4 Å². The Kier molecular flexibility index (Phi) is 6.08. The monoisotopic (exact) mass is 243 g/mol. The molecule has 0 aliphatic heterocycles. The molecular weight excluding hydrogens is 224 g/mol. The van der Waals surface area contributed by atoms with Crippen molar-refractivity contribution in [1.82, 2.24) is 5.32 Å². The minimum Gasteiger partial charge on any atom is -0.385 e.